The standard InChI is InChI=1S/C6H16N2S2/c7-3-1-2-4-8-5-6(9)10/h6,8-10H,1-5,7H2. The van der Waals surface area contributed by atoms with Crippen molar-refractivity contribution in [1.29, 1.82) is 0 Å². The molecule has 0 atom stereocenters. The van der Waals surface area contributed by atoms with Gasteiger partial charge in [-0.1, -0.05) is 0 Å². The van der Waals surface area contributed by atoms with Crippen LogP contribution in [0.2, 0.25) is 0 Å². The summed E-state index contributed by atoms with van der Waals surface area (Å²) >= 11 is 8.20. The summed E-state index contributed by atoms with van der Waals surface area (Å²) in [6, 6.07) is 0. The number of unbranched alkanes of at least 4 members (excludes halogenated alkanes) is 1. The van der Waals surface area contributed by atoms with Crippen LogP contribution in [0.5, 0.6) is 0 Å². The molecule has 0 amide bonds. The Bertz CT molecular complexity index is 68.8. The lowest BCUT2D eigenvalue weighted by Gasteiger charge is -2.04. The Labute approximate surface area is 73.8 Å². The molecule has 62 valence electrons. The van der Waals surface area contributed by atoms with Crippen molar-refractivity contribution in [2.24, 2.45) is 5.73 Å². The highest BCUT2D eigenvalue weighted by Crippen LogP contribution is 1.96. The van der Waals surface area contributed by atoms with Gasteiger partial charge in [-0.25, -0.2) is 0 Å². The molecular weight excluding hydrogens is 164 g/mol. The van der Waals surface area contributed by atoms with E-state index in [2.05, 4.69) is 30.6 Å². The lowest BCUT2D eigenvalue weighted by Crippen LogP contribution is -2.21. The molecule has 10 heavy (non-hydrogen) atoms. The Hall–Kier alpha value is 0.620. The van der Waals surface area contributed by atoms with E-state index in [1.807, 2.05) is 0 Å². The lowest BCUT2D eigenvalue weighted by molar-refractivity contribution is 0.644. The zero-order valence-electron chi connectivity index (χ0n) is 6.08. The van der Waals surface area contributed by atoms with E-state index < -0.39 is 0 Å². The van der Waals surface area contributed by atoms with Gasteiger partial charge in [0.2, 0.25) is 0 Å². The van der Waals surface area contributed by atoms with Crippen molar-refractivity contribution >= 4 is 25.3 Å². The van der Waals surface area contributed by atoms with Gasteiger partial charge >= 0.3 is 0 Å². The number of thiol groups is 2. The van der Waals surface area contributed by atoms with Gasteiger partial charge in [-0.2, -0.15) is 25.3 Å². The molecular formula is C6H16N2S2. The fraction of sp³-hybridized carbons (Fsp3) is 1.00. The molecule has 0 aromatic rings. The van der Waals surface area contributed by atoms with E-state index in [4.69, 9.17) is 5.73 Å². The van der Waals surface area contributed by atoms with Crippen LogP contribution in [0.25, 0.3) is 0 Å². The van der Waals surface area contributed by atoms with Crippen LogP contribution in [0, 0.1) is 0 Å². The summed E-state index contributed by atoms with van der Waals surface area (Å²) in [5, 5.41) is 3.21. The second-order valence-corrected chi connectivity index (χ2v) is 3.83. The smallest absolute Gasteiger partial charge is 0.0566 e. The number of hydrogen-bond donors (Lipinski definition) is 4. The van der Waals surface area contributed by atoms with Gasteiger partial charge < -0.3 is 11.1 Å². The van der Waals surface area contributed by atoms with Crippen LogP contribution in [0.15, 0.2) is 0 Å². The minimum Gasteiger partial charge on any atom is -0.330 e. The molecule has 0 saturated heterocycles. The van der Waals surface area contributed by atoms with Crippen molar-refractivity contribution in [3.05, 3.63) is 0 Å². The van der Waals surface area contributed by atoms with Gasteiger partial charge in [0.15, 0.2) is 0 Å². The van der Waals surface area contributed by atoms with Crippen LogP contribution < -0.4 is 11.1 Å². The summed E-state index contributed by atoms with van der Waals surface area (Å²) in [6.45, 7) is 2.67. The Morgan fingerprint density at radius 3 is 2.50 bits per heavy atom. The number of nitrogens with two attached hydrogens (primary N) is 1. The first-order valence-corrected chi connectivity index (χ1v) is 4.57. The van der Waals surface area contributed by atoms with Gasteiger partial charge in [0.05, 0.1) is 4.58 Å². The molecule has 0 aliphatic rings. The molecule has 0 fully saturated rings. The van der Waals surface area contributed by atoms with Crippen LogP contribution in [-0.4, -0.2) is 24.2 Å². The van der Waals surface area contributed by atoms with E-state index in [0.29, 0.717) is 0 Å². The number of nitrogens with one attached hydrogen (secondary N) is 1. The van der Waals surface area contributed by atoms with Crippen molar-refractivity contribution in [2.75, 3.05) is 19.6 Å². The Morgan fingerprint density at radius 2 is 2.00 bits per heavy atom. The molecule has 0 aliphatic carbocycles. The number of hydrogen-bond acceptors (Lipinski definition) is 4. The largest absolute Gasteiger partial charge is 0.330 e. The van der Waals surface area contributed by atoms with Gasteiger partial charge in [-0.05, 0) is 25.9 Å². The molecule has 0 aromatic heterocycles. The second kappa shape index (κ2) is 7.72. The van der Waals surface area contributed by atoms with Gasteiger partial charge in [-0.3, -0.25) is 0 Å². The molecule has 3 N–H and O–H groups in total. The van der Waals surface area contributed by atoms with Crippen LogP contribution in [-0.2, 0) is 0 Å². The van der Waals surface area contributed by atoms with Crippen molar-refractivity contribution < 1.29 is 0 Å². The maximum atomic E-state index is 5.31. The summed E-state index contributed by atoms with van der Waals surface area (Å²) in [5.74, 6) is 0. The van der Waals surface area contributed by atoms with Gasteiger partial charge in [0.1, 0.15) is 0 Å². The molecule has 0 radical (unpaired) electrons. The van der Waals surface area contributed by atoms with E-state index in [1.165, 1.54) is 0 Å². The average Bonchev–Trinajstić information content (AvgIpc) is 1.87. The summed E-state index contributed by atoms with van der Waals surface area (Å²) in [4.78, 5) is 0. The Kier molecular flexibility index (Phi) is 8.20. The normalized spacial score (nSPS) is 10.8. The predicted molar refractivity (Wildman–Crippen MR) is 52.9 cm³/mol. The SMILES string of the molecule is NCCCCNCC(S)S. The van der Waals surface area contributed by atoms with Crippen molar-refractivity contribution in [1.82, 2.24) is 5.32 Å². The van der Waals surface area contributed by atoms with E-state index in [1.54, 1.807) is 0 Å². The number of rotatable bonds is 6. The van der Waals surface area contributed by atoms with E-state index in [0.717, 1.165) is 32.5 Å². The fourth-order valence-electron chi connectivity index (χ4n) is 0.625. The monoisotopic (exact) mass is 180 g/mol. The molecule has 0 heterocycles. The minimum absolute atomic E-state index is 0.151. The van der Waals surface area contributed by atoms with Crippen molar-refractivity contribution in [3.63, 3.8) is 0 Å². The first kappa shape index (κ1) is 10.6. The third kappa shape index (κ3) is 8.62. The Balaban J connectivity index is 2.77. The molecule has 0 bridgehead atoms. The second-order valence-electron chi connectivity index (χ2n) is 2.18. The topological polar surface area (TPSA) is 38.0 Å². The van der Waals surface area contributed by atoms with Crippen LogP contribution >= 0.6 is 25.3 Å². The molecule has 0 spiro atoms. The maximum Gasteiger partial charge on any atom is 0.0566 e. The molecule has 2 nitrogen and oxygen atoms in total. The van der Waals surface area contributed by atoms with E-state index >= 15 is 0 Å². The quantitative estimate of drug-likeness (QED) is 0.273. The maximum absolute atomic E-state index is 5.31. The lowest BCUT2D eigenvalue weighted by atomic mass is 10.3. The first-order valence-electron chi connectivity index (χ1n) is 3.54. The van der Waals surface area contributed by atoms with Crippen LogP contribution in [0.3, 0.4) is 0 Å². The Morgan fingerprint density at radius 1 is 1.30 bits per heavy atom. The van der Waals surface area contributed by atoms with Crippen molar-refractivity contribution in [2.45, 2.75) is 17.4 Å². The highest BCUT2D eigenvalue weighted by atomic mass is 32.2. The zero-order valence-corrected chi connectivity index (χ0v) is 7.87. The molecule has 0 rings (SSSR count). The summed E-state index contributed by atoms with van der Waals surface area (Å²) in [5.41, 5.74) is 5.31. The molecule has 0 aliphatic heterocycles. The van der Waals surface area contributed by atoms with E-state index in [-0.39, 0.29) is 4.58 Å². The highest BCUT2D eigenvalue weighted by molar-refractivity contribution is 7.99. The van der Waals surface area contributed by atoms with Gasteiger partial charge in [0, 0.05) is 6.54 Å². The van der Waals surface area contributed by atoms with E-state index in [9.17, 15) is 0 Å². The van der Waals surface area contributed by atoms with Gasteiger partial charge in [0.25, 0.3) is 0 Å². The molecule has 0 aromatic carbocycles. The first-order chi connectivity index (χ1) is 4.77. The van der Waals surface area contributed by atoms with Crippen LogP contribution in [0.1, 0.15) is 12.8 Å². The minimum atomic E-state index is 0.151. The summed E-state index contributed by atoms with van der Waals surface area (Å²) in [6.07, 6.45) is 2.24. The van der Waals surface area contributed by atoms with Crippen LogP contribution in [0.4, 0.5) is 0 Å². The summed E-state index contributed by atoms with van der Waals surface area (Å²) in [7, 11) is 0. The molecule has 0 unspecified atom stereocenters. The highest BCUT2D eigenvalue weighted by Gasteiger charge is 1.92. The third-order valence-electron chi connectivity index (χ3n) is 1.13. The fourth-order valence-corrected chi connectivity index (χ4v) is 0.884. The predicted octanol–water partition coefficient (Wildman–Crippen LogP) is 0.501. The van der Waals surface area contributed by atoms with Gasteiger partial charge in [-0.15, -0.1) is 0 Å². The average molecular weight is 180 g/mol. The van der Waals surface area contributed by atoms with Crippen molar-refractivity contribution in [3.8, 4) is 0 Å². The molecule has 4 heteroatoms. The summed E-state index contributed by atoms with van der Waals surface area (Å²) < 4.78 is 0.151. The molecule has 0 saturated carbocycles. The zero-order chi connectivity index (χ0) is 7.82. The third-order valence-corrected chi connectivity index (χ3v) is 1.50.